The van der Waals surface area contributed by atoms with Crippen LogP contribution >= 0.6 is 11.6 Å². The Labute approximate surface area is 242 Å². The zero-order valence-electron chi connectivity index (χ0n) is 22.7. The summed E-state index contributed by atoms with van der Waals surface area (Å²) in [6.45, 7) is 5.57. The van der Waals surface area contributed by atoms with Crippen molar-refractivity contribution in [2.75, 3.05) is 31.1 Å². The van der Waals surface area contributed by atoms with Gasteiger partial charge >= 0.3 is 0 Å². The molecule has 5 rings (SSSR count). The molecule has 0 unspecified atom stereocenters. The number of piperidine rings is 1. The van der Waals surface area contributed by atoms with Crippen LogP contribution in [0.2, 0.25) is 5.02 Å². The van der Waals surface area contributed by atoms with Crippen LogP contribution in [-0.4, -0.2) is 63.2 Å². The number of hydrogen-bond donors (Lipinski definition) is 2. The van der Waals surface area contributed by atoms with Crippen molar-refractivity contribution in [2.24, 2.45) is 0 Å². The first-order valence-corrected chi connectivity index (χ1v) is 13.6. The predicted octanol–water partition coefficient (Wildman–Crippen LogP) is 3.62. The van der Waals surface area contributed by atoms with E-state index in [1.54, 1.807) is 35.2 Å². The molecular weight excluding hydrogens is 544 g/mol. The van der Waals surface area contributed by atoms with Crippen molar-refractivity contribution in [3.63, 3.8) is 0 Å². The van der Waals surface area contributed by atoms with E-state index >= 15 is 0 Å². The Morgan fingerprint density at radius 3 is 2.68 bits per heavy atom. The molecule has 0 saturated carbocycles. The Morgan fingerprint density at radius 1 is 1.20 bits per heavy atom. The van der Waals surface area contributed by atoms with Gasteiger partial charge in [0.05, 0.1) is 35.0 Å². The summed E-state index contributed by atoms with van der Waals surface area (Å²) >= 11 is 6.15. The van der Waals surface area contributed by atoms with Gasteiger partial charge in [-0.2, -0.15) is 10.4 Å². The van der Waals surface area contributed by atoms with Gasteiger partial charge in [-0.3, -0.25) is 9.59 Å². The molecule has 1 fully saturated rings. The molecule has 11 nitrogen and oxygen atoms in total. The van der Waals surface area contributed by atoms with Crippen molar-refractivity contribution in [1.82, 2.24) is 30.2 Å². The molecule has 0 radical (unpaired) electrons. The van der Waals surface area contributed by atoms with Crippen LogP contribution in [0.5, 0.6) is 5.75 Å². The van der Waals surface area contributed by atoms with Crippen LogP contribution in [0.1, 0.15) is 42.7 Å². The number of halogens is 1. The molecule has 4 aromatic rings. The van der Waals surface area contributed by atoms with Gasteiger partial charge in [0.25, 0.3) is 5.91 Å². The first-order chi connectivity index (χ1) is 19.8. The summed E-state index contributed by atoms with van der Waals surface area (Å²) in [5.41, 5.74) is 2.51. The quantitative estimate of drug-likeness (QED) is 0.305. The van der Waals surface area contributed by atoms with Gasteiger partial charge in [-0.1, -0.05) is 11.6 Å². The number of pyridine rings is 3. The van der Waals surface area contributed by atoms with E-state index in [0.29, 0.717) is 41.5 Å². The molecule has 5 heterocycles. The van der Waals surface area contributed by atoms with Crippen LogP contribution in [0.4, 0.5) is 5.82 Å². The molecule has 210 valence electrons. The smallest absolute Gasteiger partial charge is 0.271 e. The standard InChI is InChI=1S/C29H29ClN8O3/c1-19(39)32-10-13-41-22-14-23(27-21(15-31)17-35-38(27)18-22)20-5-6-25(34-16-20)37-11-7-29(2,8-12-37)36-28(40)26-24(30)4-3-9-33-26/h3-6,9,14,16-18H,7-8,10-13H2,1-2H3,(H,32,39)(H,36,40). The van der Waals surface area contributed by atoms with E-state index in [9.17, 15) is 14.9 Å². The fourth-order valence-electron chi connectivity index (χ4n) is 4.85. The van der Waals surface area contributed by atoms with Crippen LogP contribution in [-0.2, 0) is 4.79 Å². The zero-order chi connectivity index (χ0) is 29.0. The molecule has 0 atom stereocenters. The third-order valence-corrected chi connectivity index (χ3v) is 7.40. The number of nitriles is 1. The second-order valence-electron chi connectivity index (χ2n) is 10.1. The summed E-state index contributed by atoms with van der Waals surface area (Å²) in [6, 6.07) is 11.3. The first kappa shape index (κ1) is 27.9. The summed E-state index contributed by atoms with van der Waals surface area (Å²) in [6.07, 6.45) is 8.02. The maximum absolute atomic E-state index is 12.8. The Balaban J connectivity index is 1.29. The SMILES string of the molecule is CC(=O)NCCOc1cc(-c2ccc(N3CCC(C)(NC(=O)c4ncccc4Cl)CC3)nc2)c2c(C#N)cnn2c1. The lowest BCUT2D eigenvalue weighted by atomic mass is 9.89. The minimum Gasteiger partial charge on any atom is -0.490 e. The summed E-state index contributed by atoms with van der Waals surface area (Å²) in [7, 11) is 0. The van der Waals surface area contributed by atoms with E-state index in [1.807, 2.05) is 25.1 Å². The minimum atomic E-state index is -0.393. The van der Waals surface area contributed by atoms with Crippen LogP contribution in [0.15, 0.2) is 55.1 Å². The molecule has 0 spiro atoms. The Morgan fingerprint density at radius 2 is 2.00 bits per heavy atom. The molecule has 1 aliphatic rings. The number of aromatic nitrogens is 4. The lowest BCUT2D eigenvalue weighted by Gasteiger charge is -2.40. The number of nitrogens with zero attached hydrogens (tertiary/aromatic N) is 6. The molecule has 41 heavy (non-hydrogen) atoms. The highest BCUT2D eigenvalue weighted by molar-refractivity contribution is 6.33. The van der Waals surface area contributed by atoms with Gasteiger partial charge in [-0.05, 0) is 50.1 Å². The van der Waals surface area contributed by atoms with E-state index < -0.39 is 5.54 Å². The van der Waals surface area contributed by atoms with E-state index in [-0.39, 0.29) is 24.1 Å². The molecule has 1 aliphatic heterocycles. The number of amides is 2. The van der Waals surface area contributed by atoms with Crippen LogP contribution in [0, 0.1) is 11.3 Å². The molecule has 2 amide bonds. The first-order valence-electron chi connectivity index (χ1n) is 13.2. The number of hydrogen-bond acceptors (Lipinski definition) is 8. The molecule has 12 heteroatoms. The summed E-state index contributed by atoms with van der Waals surface area (Å²) in [5, 5.41) is 20.1. The maximum atomic E-state index is 12.8. The maximum Gasteiger partial charge on any atom is 0.271 e. The fourth-order valence-corrected chi connectivity index (χ4v) is 5.05. The number of carbonyl (C=O) groups is 2. The van der Waals surface area contributed by atoms with Gasteiger partial charge in [0.1, 0.15) is 29.9 Å². The third kappa shape index (κ3) is 6.23. The van der Waals surface area contributed by atoms with Crippen molar-refractivity contribution < 1.29 is 14.3 Å². The van der Waals surface area contributed by atoms with E-state index in [0.717, 1.165) is 29.8 Å². The third-order valence-electron chi connectivity index (χ3n) is 7.09. The van der Waals surface area contributed by atoms with Crippen molar-refractivity contribution in [3.05, 3.63) is 71.4 Å². The number of anilines is 1. The zero-order valence-corrected chi connectivity index (χ0v) is 23.5. The molecule has 0 bridgehead atoms. The topological polar surface area (TPSA) is 138 Å². The summed E-state index contributed by atoms with van der Waals surface area (Å²) in [5.74, 6) is 0.971. The Kier molecular flexibility index (Phi) is 8.03. The number of fused-ring (bicyclic) bond motifs is 1. The molecule has 0 aromatic carbocycles. The van der Waals surface area contributed by atoms with Crippen molar-refractivity contribution in [1.29, 1.82) is 5.26 Å². The lowest BCUT2D eigenvalue weighted by molar-refractivity contribution is -0.119. The highest BCUT2D eigenvalue weighted by Crippen LogP contribution is 2.32. The van der Waals surface area contributed by atoms with Gasteiger partial charge in [-0.15, -0.1) is 0 Å². The highest BCUT2D eigenvalue weighted by atomic mass is 35.5. The molecule has 1 saturated heterocycles. The second kappa shape index (κ2) is 11.8. The molecule has 4 aromatic heterocycles. The number of ether oxygens (including phenoxy) is 1. The average molecular weight is 573 g/mol. The average Bonchev–Trinajstić information content (AvgIpc) is 3.38. The fraction of sp³-hybridized carbons (Fsp3) is 0.310. The van der Waals surface area contributed by atoms with Crippen molar-refractivity contribution in [2.45, 2.75) is 32.2 Å². The van der Waals surface area contributed by atoms with E-state index in [2.05, 4.69) is 31.7 Å². The summed E-state index contributed by atoms with van der Waals surface area (Å²) < 4.78 is 7.46. The number of rotatable bonds is 8. The van der Waals surface area contributed by atoms with Gasteiger partial charge < -0.3 is 20.3 Å². The largest absolute Gasteiger partial charge is 0.490 e. The van der Waals surface area contributed by atoms with Gasteiger partial charge in [0.2, 0.25) is 5.91 Å². The molecule has 0 aliphatic carbocycles. The normalized spacial score (nSPS) is 14.3. The van der Waals surface area contributed by atoms with E-state index in [1.165, 1.54) is 13.1 Å². The van der Waals surface area contributed by atoms with Crippen molar-refractivity contribution >= 4 is 34.7 Å². The number of carbonyl (C=O) groups excluding carboxylic acids is 2. The van der Waals surface area contributed by atoms with Crippen LogP contribution in [0.25, 0.3) is 16.6 Å². The monoisotopic (exact) mass is 572 g/mol. The highest BCUT2D eigenvalue weighted by Gasteiger charge is 2.33. The van der Waals surface area contributed by atoms with Crippen LogP contribution < -0.4 is 20.3 Å². The lowest BCUT2D eigenvalue weighted by Crippen LogP contribution is -2.53. The predicted molar refractivity (Wildman–Crippen MR) is 154 cm³/mol. The second-order valence-corrected chi connectivity index (χ2v) is 10.5. The van der Waals surface area contributed by atoms with Gasteiger partial charge in [-0.25, -0.2) is 14.5 Å². The van der Waals surface area contributed by atoms with Gasteiger partial charge in [0, 0.05) is 49.1 Å². The van der Waals surface area contributed by atoms with Crippen molar-refractivity contribution in [3.8, 4) is 22.9 Å². The Hall–Kier alpha value is -4.69. The summed E-state index contributed by atoms with van der Waals surface area (Å²) in [4.78, 5) is 34.9. The Bertz CT molecular complexity index is 1620. The number of nitrogens with one attached hydrogen (secondary N) is 2. The minimum absolute atomic E-state index is 0.126. The van der Waals surface area contributed by atoms with Crippen LogP contribution in [0.3, 0.4) is 0 Å². The van der Waals surface area contributed by atoms with E-state index in [4.69, 9.17) is 21.3 Å². The van der Waals surface area contributed by atoms with Gasteiger partial charge in [0.15, 0.2) is 0 Å². The molecular formula is C29H29ClN8O3. The molecule has 2 N–H and O–H groups in total.